The van der Waals surface area contributed by atoms with Gasteiger partial charge in [0.1, 0.15) is 24.6 Å². The minimum absolute atomic E-state index is 0.0467. The van der Waals surface area contributed by atoms with Crippen LogP contribution in [0.5, 0.6) is 0 Å². The highest BCUT2D eigenvalue weighted by Crippen LogP contribution is 2.30. The molecule has 10 nitrogen and oxygen atoms in total. The number of methoxy groups -OCH3 is 2. The number of carbonyl (C=O) groups excluding carboxylic acids is 1. The molecule has 0 saturated heterocycles. The SMILES string of the molecule is C/C=C/C(O)C(C)/C=C/C(=N\OCc1ccc(F)cc1)C(C)C(O)C(C)C1OC(=O)/C(OC)=C/C(C)=C/C(C)C(O)C(CC)C(O)C(C)C/C(C)=C/C=C/C1OC. The maximum Gasteiger partial charge on any atom is 0.373 e. The van der Waals surface area contributed by atoms with Crippen LogP contribution >= 0.6 is 0 Å². The zero-order chi connectivity index (χ0) is 42.8. The summed E-state index contributed by atoms with van der Waals surface area (Å²) in [7, 11) is 2.86. The number of esters is 1. The fourth-order valence-electron chi connectivity index (χ4n) is 7.06. The average molecular weight is 798 g/mol. The highest BCUT2D eigenvalue weighted by atomic mass is 19.1. The molecule has 0 aromatic heterocycles. The Morgan fingerprint density at radius 2 is 1.72 bits per heavy atom. The number of nitrogens with zero attached hydrogens (tertiary/aromatic N) is 1. The molecule has 0 amide bonds. The molecule has 1 aliphatic rings. The summed E-state index contributed by atoms with van der Waals surface area (Å²) in [5.41, 5.74) is 2.69. The van der Waals surface area contributed by atoms with Crippen LogP contribution in [0.1, 0.15) is 80.7 Å². The van der Waals surface area contributed by atoms with Crippen LogP contribution < -0.4 is 0 Å². The van der Waals surface area contributed by atoms with Crippen LogP contribution in [0.2, 0.25) is 0 Å². The standard InChI is InChI=1S/C46H68FNO9/c1-12-15-39(49)30(5)18-23-38(48-56-27-35-19-21-36(47)22-20-35)33(8)44(52)34(9)45-40(54-10)17-14-16-28(3)24-31(6)42(50)37(13-2)43(51)32(7)25-29(4)26-41(55-11)46(53)57-45/h12,14-23,25-26,30-34,37,39-40,42-45,49-52H,13,24,27H2,1-11H3/b15-12+,17-14+,23-18+,28-16+,29-25+,41-26-,48-38+. The number of rotatable bonds is 14. The number of cyclic esters (lactones) is 1. The van der Waals surface area contributed by atoms with Crippen molar-refractivity contribution in [2.24, 2.45) is 40.7 Å². The summed E-state index contributed by atoms with van der Waals surface area (Å²) in [6, 6.07) is 5.85. The quantitative estimate of drug-likeness (QED) is 0.0641. The molecule has 0 fully saturated rings. The van der Waals surface area contributed by atoms with Crippen LogP contribution in [-0.2, 0) is 30.4 Å². The van der Waals surface area contributed by atoms with E-state index < -0.39 is 54.4 Å². The van der Waals surface area contributed by atoms with Gasteiger partial charge in [0.25, 0.3) is 0 Å². The van der Waals surface area contributed by atoms with E-state index in [1.807, 2.05) is 53.7 Å². The van der Waals surface area contributed by atoms with E-state index in [0.717, 1.165) is 5.57 Å². The molecule has 0 aliphatic carbocycles. The van der Waals surface area contributed by atoms with E-state index >= 15 is 0 Å². The van der Waals surface area contributed by atoms with Crippen LogP contribution in [-0.4, -0.2) is 83.0 Å². The fraction of sp³-hybridized carbons (Fsp3) is 0.565. The lowest BCUT2D eigenvalue weighted by atomic mass is 9.79. The van der Waals surface area contributed by atoms with Crippen molar-refractivity contribution in [3.63, 3.8) is 0 Å². The van der Waals surface area contributed by atoms with Crippen molar-refractivity contribution < 1.29 is 48.7 Å². The Kier molecular flexibility index (Phi) is 21.4. The largest absolute Gasteiger partial charge is 0.490 e. The second kappa shape index (κ2) is 24.8. The summed E-state index contributed by atoms with van der Waals surface area (Å²) in [6.45, 7) is 16.8. The van der Waals surface area contributed by atoms with E-state index in [4.69, 9.17) is 19.0 Å². The van der Waals surface area contributed by atoms with Gasteiger partial charge in [-0.3, -0.25) is 0 Å². The second-order valence-electron chi connectivity index (χ2n) is 15.5. The number of aliphatic hydroxyl groups excluding tert-OH is 4. The highest BCUT2D eigenvalue weighted by Gasteiger charge is 2.38. The molecular formula is C46H68FNO9. The van der Waals surface area contributed by atoms with E-state index in [0.29, 0.717) is 29.7 Å². The Hall–Kier alpha value is -3.87. The van der Waals surface area contributed by atoms with Gasteiger partial charge < -0.3 is 39.5 Å². The third-order valence-electron chi connectivity index (χ3n) is 10.8. The zero-order valence-electron chi connectivity index (χ0n) is 35.7. The molecule has 1 aliphatic heterocycles. The van der Waals surface area contributed by atoms with Gasteiger partial charge in [-0.1, -0.05) is 113 Å². The van der Waals surface area contributed by atoms with Gasteiger partial charge in [0.05, 0.1) is 37.2 Å². The number of halogens is 1. The fourth-order valence-corrected chi connectivity index (χ4v) is 7.06. The number of hydrogen-bond donors (Lipinski definition) is 4. The molecule has 12 atom stereocenters. The number of ether oxygens (including phenoxy) is 3. The Balaban J connectivity index is 2.62. The number of benzene rings is 1. The number of oxime groups is 1. The molecular weight excluding hydrogens is 730 g/mol. The molecule has 2 rings (SSSR count). The normalized spacial score (nSPS) is 30.9. The van der Waals surface area contributed by atoms with Gasteiger partial charge in [-0.15, -0.1) is 0 Å². The first-order valence-corrected chi connectivity index (χ1v) is 20.0. The number of carbonyl (C=O) groups is 1. The predicted molar refractivity (Wildman–Crippen MR) is 223 cm³/mol. The molecule has 0 spiro atoms. The second-order valence-corrected chi connectivity index (χ2v) is 15.5. The highest BCUT2D eigenvalue weighted by molar-refractivity contribution is 5.96. The van der Waals surface area contributed by atoms with Gasteiger partial charge in [0.15, 0.2) is 0 Å². The van der Waals surface area contributed by atoms with E-state index in [2.05, 4.69) is 5.16 Å². The monoisotopic (exact) mass is 797 g/mol. The Bertz CT molecular complexity index is 1600. The molecule has 57 heavy (non-hydrogen) atoms. The van der Waals surface area contributed by atoms with Crippen molar-refractivity contribution >= 4 is 11.7 Å². The van der Waals surface area contributed by atoms with Gasteiger partial charge in [-0.25, -0.2) is 9.18 Å². The molecule has 1 heterocycles. The predicted octanol–water partition coefficient (Wildman–Crippen LogP) is 7.79. The molecule has 0 saturated carbocycles. The van der Waals surface area contributed by atoms with Gasteiger partial charge in [0.2, 0.25) is 5.76 Å². The van der Waals surface area contributed by atoms with Crippen LogP contribution in [0.15, 0.2) is 101 Å². The molecule has 1 aromatic carbocycles. The number of hydrogen-bond acceptors (Lipinski definition) is 10. The van der Waals surface area contributed by atoms with E-state index in [-0.39, 0.29) is 41.9 Å². The smallest absolute Gasteiger partial charge is 0.373 e. The molecule has 12 unspecified atom stereocenters. The molecule has 0 bridgehead atoms. The van der Waals surface area contributed by atoms with Crippen molar-refractivity contribution in [3.8, 4) is 0 Å². The lowest BCUT2D eigenvalue weighted by Gasteiger charge is -2.34. The van der Waals surface area contributed by atoms with Crippen molar-refractivity contribution in [2.45, 2.75) is 118 Å². The average Bonchev–Trinajstić information content (AvgIpc) is 3.18. The van der Waals surface area contributed by atoms with Crippen molar-refractivity contribution in [1.82, 2.24) is 0 Å². The molecule has 318 valence electrons. The third-order valence-corrected chi connectivity index (χ3v) is 10.8. The summed E-state index contributed by atoms with van der Waals surface area (Å²) in [4.78, 5) is 19.5. The maximum absolute atomic E-state index is 13.8. The zero-order valence-corrected chi connectivity index (χ0v) is 35.7. The van der Waals surface area contributed by atoms with Crippen molar-refractivity contribution in [2.75, 3.05) is 14.2 Å². The molecule has 1 aromatic rings. The summed E-state index contributed by atoms with van der Waals surface area (Å²) >= 11 is 0. The Morgan fingerprint density at radius 1 is 1.05 bits per heavy atom. The first kappa shape index (κ1) is 49.3. The summed E-state index contributed by atoms with van der Waals surface area (Å²) in [5, 5.41) is 49.6. The topological polar surface area (TPSA) is 147 Å². The van der Waals surface area contributed by atoms with Crippen LogP contribution in [0.3, 0.4) is 0 Å². The van der Waals surface area contributed by atoms with Crippen LogP contribution in [0.4, 0.5) is 4.39 Å². The summed E-state index contributed by atoms with van der Waals surface area (Å²) in [6.07, 6.45) is 11.6. The van der Waals surface area contributed by atoms with E-state index in [1.54, 1.807) is 69.4 Å². The van der Waals surface area contributed by atoms with Crippen molar-refractivity contribution in [3.05, 3.63) is 107 Å². The lowest BCUT2D eigenvalue weighted by Crippen LogP contribution is -2.45. The minimum atomic E-state index is -1.16. The summed E-state index contributed by atoms with van der Waals surface area (Å²) < 4.78 is 31.1. The Labute approximate surface area is 340 Å². The minimum Gasteiger partial charge on any atom is -0.490 e. The maximum atomic E-state index is 13.8. The molecule has 11 heteroatoms. The molecule has 4 N–H and O–H groups in total. The van der Waals surface area contributed by atoms with Gasteiger partial charge in [0, 0.05) is 36.7 Å². The van der Waals surface area contributed by atoms with Gasteiger partial charge >= 0.3 is 5.97 Å². The van der Waals surface area contributed by atoms with Crippen LogP contribution in [0.25, 0.3) is 0 Å². The number of allylic oxidation sites excluding steroid dienone is 7. The first-order valence-electron chi connectivity index (χ1n) is 20.0. The third kappa shape index (κ3) is 15.4. The van der Waals surface area contributed by atoms with E-state index in [9.17, 15) is 29.6 Å². The number of aliphatic hydroxyl groups is 4. The summed E-state index contributed by atoms with van der Waals surface area (Å²) in [5.74, 6) is -3.80. The van der Waals surface area contributed by atoms with Crippen LogP contribution in [0, 0.1) is 41.3 Å². The van der Waals surface area contributed by atoms with Crippen molar-refractivity contribution in [1.29, 1.82) is 0 Å². The molecule has 0 radical (unpaired) electrons. The van der Waals surface area contributed by atoms with Gasteiger partial charge in [-0.05, 0) is 69.4 Å². The first-order chi connectivity index (χ1) is 27.0. The van der Waals surface area contributed by atoms with Gasteiger partial charge in [-0.2, -0.15) is 0 Å². The van der Waals surface area contributed by atoms with E-state index in [1.165, 1.54) is 32.4 Å². The Morgan fingerprint density at radius 3 is 2.32 bits per heavy atom. The lowest BCUT2D eigenvalue weighted by molar-refractivity contribution is -0.161.